The first-order chi connectivity index (χ1) is 16.0. The topological polar surface area (TPSA) is 80.6 Å². The molecule has 4 rings (SSSR count). The molecule has 168 valence electrons. The van der Waals surface area contributed by atoms with E-state index >= 15 is 0 Å². The molecule has 0 aliphatic carbocycles. The van der Waals surface area contributed by atoms with Gasteiger partial charge in [-0.15, -0.1) is 0 Å². The van der Waals surface area contributed by atoms with Crippen molar-refractivity contribution in [2.75, 3.05) is 12.4 Å². The molecule has 0 aliphatic heterocycles. The number of alkyl halides is 2. The van der Waals surface area contributed by atoms with Crippen molar-refractivity contribution in [3.05, 3.63) is 78.3 Å². The largest absolute Gasteiger partial charge is 0.435 e. The van der Waals surface area contributed by atoms with Gasteiger partial charge in [0, 0.05) is 36.3 Å². The molecule has 0 fully saturated rings. The maximum Gasteiger partial charge on any atom is 0.387 e. The molecule has 0 saturated heterocycles. The highest BCUT2D eigenvalue weighted by Gasteiger charge is 2.13. The number of allylic oxidation sites excluding steroid dienone is 1. The van der Waals surface area contributed by atoms with Crippen molar-refractivity contribution in [3.63, 3.8) is 0 Å². The van der Waals surface area contributed by atoms with Gasteiger partial charge in [-0.25, -0.2) is 9.97 Å². The van der Waals surface area contributed by atoms with Gasteiger partial charge in [0.1, 0.15) is 5.75 Å². The van der Waals surface area contributed by atoms with E-state index < -0.39 is 6.61 Å². The van der Waals surface area contributed by atoms with E-state index in [4.69, 9.17) is 0 Å². The molecule has 0 atom stereocenters. The Hall–Kier alpha value is -4.27. The van der Waals surface area contributed by atoms with Gasteiger partial charge in [0.05, 0.1) is 11.9 Å². The lowest BCUT2D eigenvalue weighted by molar-refractivity contribution is -0.0498. The summed E-state index contributed by atoms with van der Waals surface area (Å²) < 4.78 is 31.1. The fourth-order valence-electron chi connectivity index (χ4n) is 3.46. The average molecular weight is 449 g/mol. The van der Waals surface area contributed by atoms with Crippen molar-refractivity contribution in [2.24, 2.45) is 0 Å². The predicted molar refractivity (Wildman–Crippen MR) is 123 cm³/mol. The smallest absolute Gasteiger partial charge is 0.387 e. The minimum atomic E-state index is -2.87. The second kappa shape index (κ2) is 9.47. The Morgan fingerprint density at radius 2 is 1.94 bits per heavy atom. The van der Waals surface area contributed by atoms with Gasteiger partial charge in [-0.2, -0.15) is 8.78 Å². The summed E-state index contributed by atoms with van der Waals surface area (Å²) in [7, 11) is 1.59. The average Bonchev–Trinajstić information content (AvgIpc) is 3.24. The van der Waals surface area contributed by atoms with Crippen LogP contribution in [0.1, 0.15) is 22.8 Å². The van der Waals surface area contributed by atoms with Crippen LogP contribution in [0.15, 0.2) is 67.1 Å². The molecule has 0 aliphatic rings. The number of amides is 1. The first kappa shape index (κ1) is 21.9. The summed E-state index contributed by atoms with van der Waals surface area (Å²) in [5.74, 6) is 0.446. The molecule has 0 saturated carbocycles. The van der Waals surface area contributed by atoms with E-state index in [0.717, 1.165) is 22.5 Å². The van der Waals surface area contributed by atoms with E-state index in [1.54, 1.807) is 49.9 Å². The second-order valence-electron chi connectivity index (χ2n) is 7.02. The Morgan fingerprint density at radius 3 is 2.64 bits per heavy atom. The third-order valence-electron chi connectivity index (χ3n) is 4.94. The highest BCUT2D eigenvalue weighted by atomic mass is 19.3. The summed E-state index contributed by atoms with van der Waals surface area (Å²) in [6.07, 6.45) is 8.82. The number of benzene rings is 2. The molecule has 2 heterocycles. The predicted octanol–water partition coefficient (Wildman–Crippen LogP) is 5.13. The number of carbonyl (C=O) groups excluding carboxylic acids is 1. The van der Waals surface area contributed by atoms with Crippen molar-refractivity contribution < 1.29 is 18.3 Å². The number of nitrogens with one attached hydrogen (secondary N) is 2. The van der Waals surface area contributed by atoms with Crippen LogP contribution in [0.5, 0.6) is 5.75 Å². The van der Waals surface area contributed by atoms with Crippen LogP contribution in [-0.4, -0.2) is 33.9 Å². The third-order valence-corrected chi connectivity index (χ3v) is 4.94. The summed E-state index contributed by atoms with van der Waals surface area (Å²) in [6.45, 7) is -0.987. The minimum Gasteiger partial charge on any atom is -0.435 e. The van der Waals surface area contributed by atoms with E-state index in [2.05, 4.69) is 25.3 Å². The first-order valence-corrected chi connectivity index (χ1v) is 10.1. The highest BCUT2D eigenvalue weighted by molar-refractivity contribution is 5.98. The number of anilines is 2. The molecule has 0 radical (unpaired) electrons. The number of carbonyl (C=O) groups is 1. The number of ether oxygens (including phenoxy) is 1. The Labute approximate surface area is 188 Å². The number of fused-ring (bicyclic) bond motifs is 1. The van der Waals surface area contributed by atoms with E-state index in [9.17, 15) is 13.6 Å². The maximum atomic E-state index is 12.4. The zero-order chi connectivity index (χ0) is 23.4. The summed E-state index contributed by atoms with van der Waals surface area (Å²) >= 11 is 0. The van der Waals surface area contributed by atoms with Gasteiger partial charge in [-0.05, 0) is 55.0 Å². The Kier molecular flexibility index (Phi) is 6.30. The lowest BCUT2D eigenvalue weighted by Crippen LogP contribution is -2.18. The molecule has 1 amide bonds. The van der Waals surface area contributed by atoms with E-state index in [0.29, 0.717) is 17.0 Å². The molecular formula is C24H21F2N5O2. The van der Waals surface area contributed by atoms with Crippen LogP contribution in [0.25, 0.3) is 23.0 Å². The van der Waals surface area contributed by atoms with Crippen molar-refractivity contribution in [3.8, 4) is 17.0 Å². The fourth-order valence-corrected chi connectivity index (χ4v) is 3.46. The van der Waals surface area contributed by atoms with Gasteiger partial charge in [0.15, 0.2) is 11.5 Å². The van der Waals surface area contributed by atoms with E-state index in [1.807, 2.05) is 29.5 Å². The molecule has 7 nitrogen and oxygen atoms in total. The molecule has 2 aromatic heterocycles. The fraction of sp³-hybridized carbons (Fsp3) is 0.125. The summed E-state index contributed by atoms with van der Waals surface area (Å²) in [5.41, 5.74) is 4.21. The molecule has 2 N–H and O–H groups in total. The van der Waals surface area contributed by atoms with Crippen LogP contribution >= 0.6 is 0 Å². The number of nitrogens with zero attached hydrogens (tertiary/aromatic N) is 3. The number of hydrogen-bond acceptors (Lipinski definition) is 5. The summed E-state index contributed by atoms with van der Waals surface area (Å²) in [5, 5.41) is 5.90. The van der Waals surface area contributed by atoms with Crippen LogP contribution in [-0.2, 0) is 0 Å². The number of aromatic nitrogens is 3. The van der Waals surface area contributed by atoms with Crippen LogP contribution in [0.2, 0.25) is 0 Å². The number of hydrogen-bond donors (Lipinski definition) is 2. The van der Waals surface area contributed by atoms with Crippen LogP contribution in [0.3, 0.4) is 0 Å². The van der Waals surface area contributed by atoms with E-state index in [1.165, 1.54) is 12.1 Å². The van der Waals surface area contributed by atoms with Crippen LogP contribution in [0, 0.1) is 0 Å². The van der Waals surface area contributed by atoms with Crippen molar-refractivity contribution in [1.29, 1.82) is 0 Å². The van der Waals surface area contributed by atoms with Crippen LogP contribution < -0.4 is 15.4 Å². The zero-order valence-electron chi connectivity index (χ0n) is 17.9. The van der Waals surface area contributed by atoms with Crippen molar-refractivity contribution in [1.82, 2.24) is 19.7 Å². The first-order valence-electron chi connectivity index (χ1n) is 10.1. The minimum absolute atomic E-state index is 0.0868. The normalized spacial score (nSPS) is 11.3. The summed E-state index contributed by atoms with van der Waals surface area (Å²) in [6, 6.07) is 11.8. The standard InChI is InChI=1S/C24H21F2N5O2/c1-3-4-16-13-17(7-10-19(16)23(32)27-2)30-21-22-29-14-20(31(22)12-11-28-21)15-5-8-18(9-6-15)33-24(25)26/h3-14,24H,1-2H3,(H,27,32)(H,28,30)/b4-3+. The van der Waals surface area contributed by atoms with Gasteiger partial charge >= 0.3 is 6.61 Å². The molecule has 33 heavy (non-hydrogen) atoms. The van der Waals surface area contributed by atoms with E-state index in [-0.39, 0.29) is 11.7 Å². The lowest BCUT2D eigenvalue weighted by atomic mass is 10.1. The second-order valence-corrected chi connectivity index (χ2v) is 7.02. The molecule has 2 aromatic carbocycles. The molecule has 9 heteroatoms. The number of halogens is 2. The highest BCUT2D eigenvalue weighted by Crippen LogP contribution is 2.28. The quantitative estimate of drug-likeness (QED) is 0.409. The Bertz CT molecular complexity index is 1320. The van der Waals surface area contributed by atoms with Gasteiger partial charge in [-0.3, -0.25) is 9.20 Å². The molecule has 0 spiro atoms. The maximum absolute atomic E-state index is 12.4. The van der Waals surface area contributed by atoms with Gasteiger partial charge in [-0.1, -0.05) is 12.2 Å². The Balaban J connectivity index is 1.66. The SMILES string of the molecule is C/C=C/c1cc(Nc2nccn3c(-c4ccc(OC(F)F)cc4)cnc23)ccc1C(=O)NC. The lowest BCUT2D eigenvalue weighted by Gasteiger charge is -2.11. The molecule has 0 bridgehead atoms. The van der Waals surface area contributed by atoms with Gasteiger partial charge in [0.25, 0.3) is 5.91 Å². The summed E-state index contributed by atoms with van der Waals surface area (Å²) in [4.78, 5) is 21.0. The van der Waals surface area contributed by atoms with Gasteiger partial charge in [0.2, 0.25) is 0 Å². The van der Waals surface area contributed by atoms with Gasteiger partial charge < -0.3 is 15.4 Å². The number of imidazole rings is 1. The molecular weight excluding hydrogens is 428 g/mol. The van der Waals surface area contributed by atoms with Crippen LogP contribution in [0.4, 0.5) is 20.3 Å². The monoisotopic (exact) mass is 449 g/mol. The molecule has 4 aromatic rings. The third kappa shape index (κ3) is 4.67. The van der Waals surface area contributed by atoms with Crippen molar-refractivity contribution in [2.45, 2.75) is 13.5 Å². The Morgan fingerprint density at radius 1 is 1.15 bits per heavy atom. The van der Waals surface area contributed by atoms with Crippen molar-refractivity contribution >= 4 is 29.1 Å². The number of rotatable bonds is 7. The molecule has 0 unspecified atom stereocenters. The zero-order valence-corrected chi connectivity index (χ0v) is 17.9.